The van der Waals surface area contributed by atoms with E-state index in [-0.39, 0.29) is 5.91 Å². The van der Waals surface area contributed by atoms with E-state index in [4.69, 9.17) is 4.52 Å². The minimum Gasteiger partial charge on any atom is -0.369 e. The number of benzene rings is 1. The van der Waals surface area contributed by atoms with E-state index in [9.17, 15) is 4.79 Å². The summed E-state index contributed by atoms with van der Waals surface area (Å²) >= 11 is 1.58. The van der Waals surface area contributed by atoms with Crippen LogP contribution in [0.3, 0.4) is 0 Å². The summed E-state index contributed by atoms with van der Waals surface area (Å²) in [5.41, 5.74) is 2.38. The third-order valence-corrected chi connectivity index (χ3v) is 6.18. The lowest BCUT2D eigenvalue weighted by Crippen LogP contribution is -2.45. The Kier molecular flexibility index (Phi) is 6.76. The number of aromatic nitrogens is 2. The van der Waals surface area contributed by atoms with Crippen LogP contribution in [0, 0.1) is 0 Å². The Morgan fingerprint density at radius 2 is 2.00 bits per heavy atom. The highest BCUT2D eigenvalue weighted by Gasteiger charge is 2.17. The van der Waals surface area contributed by atoms with Crippen molar-refractivity contribution in [2.24, 2.45) is 0 Å². The van der Waals surface area contributed by atoms with Gasteiger partial charge < -0.3 is 19.6 Å². The van der Waals surface area contributed by atoms with E-state index in [1.54, 1.807) is 11.3 Å². The average molecular weight is 426 g/mol. The van der Waals surface area contributed by atoms with E-state index in [2.05, 4.69) is 50.5 Å². The summed E-state index contributed by atoms with van der Waals surface area (Å²) in [6.07, 6.45) is 1.72. The van der Waals surface area contributed by atoms with Crippen molar-refractivity contribution < 1.29 is 9.32 Å². The Morgan fingerprint density at radius 1 is 1.17 bits per heavy atom. The van der Waals surface area contributed by atoms with Crippen LogP contribution >= 0.6 is 11.3 Å². The van der Waals surface area contributed by atoms with Crippen LogP contribution in [0.25, 0.3) is 10.7 Å². The molecule has 0 spiro atoms. The number of carbonyl (C=O) groups excluding carboxylic acids is 1. The second-order valence-electron chi connectivity index (χ2n) is 7.54. The highest BCUT2D eigenvalue weighted by Crippen LogP contribution is 2.22. The Bertz CT molecular complexity index is 948. The zero-order valence-electron chi connectivity index (χ0n) is 17.2. The molecule has 0 radical (unpaired) electrons. The van der Waals surface area contributed by atoms with E-state index in [1.165, 1.54) is 5.69 Å². The van der Waals surface area contributed by atoms with Gasteiger partial charge in [-0.3, -0.25) is 4.79 Å². The first-order valence-corrected chi connectivity index (χ1v) is 11.2. The first-order valence-electron chi connectivity index (χ1n) is 10.3. The topological polar surface area (TPSA) is 74.5 Å². The second-order valence-corrected chi connectivity index (χ2v) is 8.49. The van der Waals surface area contributed by atoms with Crippen LogP contribution in [-0.2, 0) is 17.8 Å². The fourth-order valence-corrected chi connectivity index (χ4v) is 4.21. The highest BCUT2D eigenvalue weighted by molar-refractivity contribution is 7.13. The molecular weight excluding hydrogens is 398 g/mol. The molecule has 3 aromatic rings. The maximum absolute atomic E-state index is 12.3. The van der Waals surface area contributed by atoms with Crippen LogP contribution in [0.2, 0.25) is 0 Å². The van der Waals surface area contributed by atoms with Crippen molar-refractivity contribution in [1.29, 1.82) is 0 Å². The molecule has 1 fully saturated rings. The molecule has 7 nitrogen and oxygen atoms in total. The number of amides is 1. The van der Waals surface area contributed by atoms with Gasteiger partial charge in [0.05, 0.1) is 4.88 Å². The molecule has 4 rings (SSSR count). The molecule has 0 unspecified atom stereocenters. The minimum atomic E-state index is 0.0428. The molecule has 30 heavy (non-hydrogen) atoms. The van der Waals surface area contributed by atoms with Crippen LogP contribution in [0.5, 0.6) is 0 Å². The molecule has 2 aromatic heterocycles. The quantitative estimate of drug-likeness (QED) is 0.597. The summed E-state index contributed by atoms with van der Waals surface area (Å²) < 4.78 is 5.29. The number of anilines is 1. The standard InChI is InChI=1S/C22H27N5O2S/c1-26-11-13-27(14-12-26)18-7-3-2-6-17(18)16-23-20(28)9-4-10-21-24-22(25-29-21)19-8-5-15-30-19/h2-3,5-8,15H,4,9-14,16H2,1H3,(H,23,28). The van der Waals surface area contributed by atoms with Crippen molar-refractivity contribution in [3.63, 3.8) is 0 Å². The Morgan fingerprint density at radius 3 is 2.80 bits per heavy atom. The molecule has 0 atom stereocenters. The number of rotatable bonds is 8. The van der Waals surface area contributed by atoms with Gasteiger partial charge in [-0.1, -0.05) is 29.4 Å². The van der Waals surface area contributed by atoms with Crippen molar-refractivity contribution in [1.82, 2.24) is 20.4 Å². The van der Waals surface area contributed by atoms with Crippen molar-refractivity contribution in [2.45, 2.75) is 25.8 Å². The van der Waals surface area contributed by atoms with E-state index < -0.39 is 0 Å². The number of thiophene rings is 1. The van der Waals surface area contributed by atoms with Gasteiger partial charge in [-0.25, -0.2) is 0 Å². The predicted octanol–water partition coefficient (Wildman–Crippen LogP) is 3.19. The number of para-hydroxylation sites is 1. The monoisotopic (exact) mass is 425 g/mol. The smallest absolute Gasteiger partial charge is 0.226 e. The van der Waals surface area contributed by atoms with Crippen LogP contribution in [0.1, 0.15) is 24.3 Å². The molecule has 1 aromatic carbocycles. The molecule has 1 N–H and O–H groups in total. The molecule has 3 heterocycles. The molecule has 1 amide bonds. The van der Waals surface area contributed by atoms with E-state index in [1.807, 2.05) is 23.6 Å². The maximum Gasteiger partial charge on any atom is 0.226 e. The summed E-state index contributed by atoms with van der Waals surface area (Å²) in [6, 6.07) is 12.3. The van der Waals surface area contributed by atoms with Gasteiger partial charge in [0, 0.05) is 51.3 Å². The summed E-state index contributed by atoms with van der Waals surface area (Å²) in [5.74, 6) is 1.23. The fraction of sp³-hybridized carbons (Fsp3) is 0.409. The molecule has 0 bridgehead atoms. The molecule has 1 saturated heterocycles. The SMILES string of the molecule is CN1CCN(c2ccccc2CNC(=O)CCCc2nc(-c3cccs3)no2)CC1. The first kappa shape index (κ1) is 20.6. The second kappa shape index (κ2) is 9.86. The average Bonchev–Trinajstić information content (AvgIpc) is 3.45. The lowest BCUT2D eigenvalue weighted by atomic mass is 10.1. The van der Waals surface area contributed by atoms with E-state index >= 15 is 0 Å². The van der Waals surface area contributed by atoms with Gasteiger partial charge in [-0.05, 0) is 36.5 Å². The van der Waals surface area contributed by atoms with Crippen molar-refractivity contribution >= 4 is 22.9 Å². The predicted molar refractivity (Wildman–Crippen MR) is 119 cm³/mol. The first-order chi connectivity index (χ1) is 14.7. The van der Waals surface area contributed by atoms with E-state index in [0.29, 0.717) is 37.5 Å². The summed E-state index contributed by atoms with van der Waals surface area (Å²) in [6.45, 7) is 4.69. The van der Waals surface area contributed by atoms with Gasteiger partial charge in [0.2, 0.25) is 17.6 Å². The van der Waals surface area contributed by atoms with Gasteiger partial charge in [-0.15, -0.1) is 11.3 Å². The molecular formula is C22H27N5O2S. The van der Waals surface area contributed by atoms with Crippen LogP contribution in [-0.4, -0.2) is 54.2 Å². The number of piperazine rings is 1. The third kappa shape index (κ3) is 5.25. The van der Waals surface area contributed by atoms with Crippen molar-refractivity contribution in [3.8, 4) is 10.7 Å². The zero-order chi connectivity index (χ0) is 20.8. The maximum atomic E-state index is 12.3. The van der Waals surface area contributed by atoms with Crippen molar-refractivity contribution in [2.75, 3.05) is 38.1 Å². The fourth-order valence-electron chi connectivity index (χ4n) is 3.56. The summed E-state index contributed by atoms with van der Waals surface area (Å²) in [7, 11) is 2.15. The Hall–Kier alpha value is -2.71. The van der Waals surface area contributed by atoms with Gasteiger partial charge in [0.25, 0.3) is 0 Å². The van der Waals surface area contributed by atoms with Crippen molar-refractivity contribution in [3.05, 3.63) is 53.2 Å². The lowest BCUT2D eigenvalue weighted by Gasteiger charge is -2.35. The Balaban J connectivity index is 1.24. The third-order valence-electron chi connectivity index (χ3n) is 5.32. The van der Waals surface area contributed by atoms with Crippen LogP contribution in [0.4, 0.5) is 5.69 Å². The molecule has 1 aliphatic heterocycles. The van der Waals surface area contributed by atoms with Crippen LogP contribution in [0.15, 0.2) is 46.3 Å². The number of likely N-dealkylation sites (N-methyl/N-ethyl adjacent to an activating group) is 1. The highest BCUT2D eigenvalue weighted by atomic mass is 32.1. The van der Waals surface area contributed by atoms with E-state index in [0.717, 1.165) is 36.6 Å². The molecule has 0 saturated carbocycles. The number of hydrogen-bond acceptors (Lipinski definition) is 7. The Labute approximate surface area is 180 Å². The lowest BCUT2D eigenvalue weighted by molar-refractivity contribution is -0.121. The van der Waals surface area contributed by atoms with Gasteiger partial charge in [-0.2, -0.15) is 4.98 Å². The number of aryl methyl sites for hydroxylation is 1. The van der Waals surface area contributed by atoms with Crippen LogP contribution < -0.4 is 10.2 Å². The minimum absolute atomic E-state index is 0.0428. The van der Waals surface area contributed by atoms with Gasteiger partial charge in [0.1, 0.15) is 0 Å². The summed E-state index contributed by atoms with van der Waals surface area (Å²) in [4.78, 5) is 22.5. The largest absolute Gasteiger partial charge is 0.369 e. The number of nitrogens with zero attached hydrogens (tertiary/aromatic N) is 4. The molecule has 8 heteroatoms. The number of carbonyl (C=O) groups is 1. The molecule has 158 valence electrons. The number of nitrogens with one attached hydrogen (secondary N) is 1. The summed E-state index contributed by atoms with van der Waals surface area (Å²) in [5, 5.41) is 9.05. The number of hydrogen-bond donors (Lipinski definition) is 1. The zero-order valence-corrected chi connectivity index (χ0v) is 18.0. The normalized spacial score (nSPS) is 14.8. The van der Waals surface area contributed by atoms with Gasteiger partial charge in [0.15, 0.2) is 0 Å². The molecule has 0 aliphatic carbocycles. The van der Waals surface area contributed by atoms with Gasteiger partial charge >= 0.3 is 0 Å². The molecule has 1 aliphatic rings.